The minimum Gasteiger partial charge on any atom is -0.314 e. The van der Waals surface area contributed by atoms with Crippen LogP contribution >= 0.6 is 0 Å². The fourth-order valence-corrected chi connectivity index (χ4v) is 3.12. The highest BCUT2D eigenvalue weighted by molar-refractivity contribution is 4.84. The van der Waals surface area contributed by atoms with Gasteiger partial charge in [0.05, 0.1) is 0 Å². The van der Waals surface area contributed by atoms with Gasteiger partial charge in [-0.15, -0.1) is 0 Å². The van der Waals surface area contributed by atoms with E-state index in [1.807, 2.05) is 0 Å². The van der Waals surface area contributed by atoms with Crippen LogP contribution in [0.15, 0.2) is 0 Å². The molecule has 0 aromatic heterocycles. The molecule has 0 spiro atoms. The fourth-order valence-electron chi connectivity index (χ4n) is 3.12. The molecule has 0 aromatic carbocycles. The second-order valence-electron chi connectivity index (χ2n) is 5.95. The summed E-state index contributed by atoms with van der Waals surface area (Å²) in [7, 11) is 0. The Hall–Kier alpha value is -0.120. The van der Waals surface area contributed by atoms with Gasteiger partial charge in [-0.05, 0) is 38.9 Å². The molecule has 0 aromatic rings. The molecule has 2 heterocycles. The van der Waals surface area contributed by atoms with Gasteiger partial charge in [0, 0.05) is 31.7 Å². The van der Waals surface area contributed by atoms with Crippen LogP contribution in [0.25, 0.3) is 0 Å². The van der Waals surface area contributed by atoms with Crippen LogP contribution in [0, 0.1) is 0 Å². The third-order valence-electron chi connectivity index (χ3n) is 4.13. The molecule has 0 aliphatic carbocycles. The van der Waals surface area contributed by atoms with Crippen molar-refractivity contribution in [2.45, 2.75) is 51.6 Å². The Morgan fingerprint density at radius 3 is 2.88 bits per heavy atom. The molecule has 2 aliphatic rings. The number of piperidine rings is 1. The van der Waals surface area contributed by atoms with Crippen LogP contribution < -0.4 is 5.32 Å². The highest BCUT2D eigenvalue weighted by Crippen LogP contribution is 2.20. The molecule has 2 fully saturated rings. The Kier molecular flexibility index (Phi) is 5.26. The first kappa shape index (κ1) is 13.3. The van der Waals surface area contributed by atoms with Crippen molar-refractivity contribution in [3.63, 3.8) is 0 Å². The van der Waals surface area contributed by atoms with Crippen molar-refractivity contribution in [2.24, 2.45) is 0 Å². The largest absolute Gasteiger partial charge is 0.314 e. The maximum Gasteiger partial charge on any atom is 0.0223 e. The van der Waals surface area contributed by atoms with Gasteiger partial charge in [-0.3, -0.25) is 4.90 Å². The van der Waals surface area contributed by atoms with Crippen LogP contribution in [0.4, 0.5) is 0 Å². The van der Waals surface area contributed by atoms with Crippen LogP contribution in [0.2, 0.25) is 0 Å². The van der Waals surface area contributed by atoms with Crippen LogP contribution in [-0.2, 0) is 0 Å². The maximum absolute atomic E-state index is 3.50. The van der Waals surface area contributed by atoms with Crippen molar-refractivity contribution in [3.8, 4) is 0 Å². The minimum absolute atomic E-state index is 0.630. The molecular formula is C14H29N3. The van der Waals surface area contributed by atoms with E-state index in [9.17, 15) is 0 Å². The lowest BCUT2D eigenvalue weighted by Crippen LogP contribution is -2.55. The molecule has 100 valence electrons. The summed E-state index contributed by atoms with van der Waals surface area (Å²) >= 11 is 0. The maximum atomic E-state index is 3.50. The number of hydrogen-bond acceptors (Lipinski definition) is 3. The van der Waals surface area contributed by atoms with E-state index in [1.165, 1.54) is 65.0 Å². The van der Waals surface area contributed by atoms with Gasteiger partial charge in [-0.1, -0.05) is 20.3 Å². The normalized spacial score (nSPS) is 27.4. The molecule has 0 saturated carbocycles. The summed E-state index contributed by atoms with van der Waals surface area (Å²) in [5, 5.41) is 3.50. The first-order chi connectivity index (χ1) is 8.25. The molecule has 2 saturated heterocycles. The third-order valence-corrected chi connectivity index (χ3v) is 4.13. The molecule has 1 N–H and O–H groups in total. The summed E-state index contributed by atoms with van der Waals surface area (Å²) in [5.41, 5.74) is 0. The molecule has 0 radical (unpaired) electrons. The van der Waals surface area contributed by atoms with Crippen molar-refractivity contribution >= 4 is 0 Å². The van der Waals surface area contributed by atoms with Crippen LogP contribution in [0.5, 0.6) is 0 Å². The Bertz CT molecular complexity index is 218. The number of nitrogens with zero attached hydrogens (tertiary/aromatic N) is 2. The molecule has 3 heteroatoms. The lowest BCUT2D eigenvalue weighted by Gasteiger charge is -2.44. The second-order valence-corrected chi connectivity index (χ2v) is 5.95. The van der Waals surface area contributed by atoms with Gasteiger partial charge in [0.25, 0.3) is 0 Å². The molecule has 0 amide bonds. The van der Waals surface area contributed by atoms with Gasteiger partial charge in [0.2, 0.25) is 0 Å². The van der Waals surface area contributed by atoms with Crippen molar-refractivity contribution < 1.29 is 0 Å². The van der Waals surface area contributed by atoms with Crippen molar-refractivity contribution in [1.29, 1.82) is 0 Å². The quantitative estimate of drug-likeness (QED) is 0.734. The third kappa shape index (κ3) is 4.23. The molecule has 1 atom stereocenters. The molecule has 0 bridgehead atoms. The highest BCUT2D eigenvalue weighted by Gasteiger charge is 2.28. The smallest absolute Gasteiger partial charge is 0.0223 e. The monoisotopic (exact) mass is 239 g/mol. The van der Waals surface area contributed by atoms with Gasteiger partial charge in [-0.2, -0.15) is 0 Å². The highest BCUT2D eigenvalue weighted by atomic mass is 15.3. The summed E-state index contributed by atoms with van der Waals surface area (Å²) in [6.07, 6.45) is 5.60. The van der Waals surface area contributed by atoms with Crippen molar-refractivity contribution in [1.82, 2.24) is 15.1 Å². The SMILES string of the molecule is CC(C)NCCCN1CCN2CCCCC2C1. The molecule has 2 aliphatic heterocycles. The summed E-state index contributed by atoms with van der Waals surface area (Å²) in [5.74, 6) is 0. The van der Waals surface area contributed by atoms with Gasteiger partial charge >= 0.3 is 0 Å². The Morgan fingerprint density at radius 2 is 2.06 bits per heavy atom. The van der Waals surface area contributed by atoms with Gasteiger partial charge in [0.15, 0.2) is 0 Å². The van der Waals surface area contributed by atoms with E-state index in [-0.39, 0.29) is 0 Å². The summed E-state index contributed by atoms with van der Waals surface area (Å²) in [6.45, 7) is 12.2. The molecule has 1 unspecified atom stereocenters. The standard InChI is InChI=1S/C14H29N3/c1-13(2)15-7-5-8-16-10-11-17-9-4-3-6-14(17)12-16/h13-15H,3-12H2,1-2H3. The molecule has 17 heavy (non-hydrogen) atoms. The average Bonchev–Trinajstić information content (AvgIpc) is 2.34. The van der Waals surface area contributed by atoms with Crippen molar-refractivity contribution in [3.05, 3.63) is 0 Å². The van der Waals surface area contributed by atoms with E-state index in [4.69, 9.17) is 0 Å². The van der Waals surface area contributed by atoms with E-state index >= 15 is 0 Å². The summed E-state index contributed by atoms with van der Waals surface area (Å²) in [4.78, 5) is 5.39. The van der Waals surface area contributed by atoms with E-state index < -0.39 is 0 Å². The van der Waals surface area contributed by atoms with E-state index in [0.717, 1.165) is 6.04 Å². The topological polar surface area (TPSA) is 18.5 Å². The number of rotatable bonds is 5. The average molecular weight is 239 g/mol. The zero-order chi connectivity index (χ0) is 12.1. The molecule has 2 rings (SSSR count). The van der Waals surface area contributed by atoms with Gasteiger partial charge in [-0.25, -0.2) is 0 Å². The van der Waals surface area contributed by atoms with E-state index in [1.54, 1.807) is 0 Å². The van der Waals surface area contributed by atoms with E-state index in [2.05, 4.69) is 29.0 Å². The predicted octanol–water partition coefficient (Wildman–Crippen LogP) is 1.54. The van der Waals surface area contributed by atoms with Gasteiger partial charge < -0.3 is 10.2 Å². The van der Waals surface area contributed by atoms with Crippen LogP contribution in [0.3, 0.4) is 0 Å². The molecular weight excluding hydrogens is 210 g/mol. The second kappa shape index (κ2) is 6.72. The molecule has 3 nitrogen and oxygen atoms in total. The minimum atomic E-state index is 0.630. The number of nitrogens with one attached hydrogen (secondary N) is 1. The fraction of sp³-hybridized carbons (Fsp3) is 1.00. The Labute approximate surface area is 107 Å². The zero-order valence-electron chi connectivity index (χ0n) is 11.6. The lowest BCUT2D eigenvalue weighted by molar-refractivity contribution is 0.0489. The van der Waals surface area contributed by atoms with Crippen molar-refractivity contribution in [2.75, 3.05) is 39.3 Å². The Balaban J connectivity index is 1.62. The number of hydrogen-bond donors (Lipinski definition) is 1. The van der Waals surface area contributed by atoms with Crippen LogP contribution in [0.1, 0.15) is 39.5 Å². The lowest BCUT2D eigenvalue weighted by atomic mass is 9.99. The summed E-state index contributed by atoms with van der Waals surface area (Å²) in [6, 6.07) is 1.50. The first-order valence-electron chi connectivity index (χ1n) is 7.45. The first-order valence-corrected chi connectivity index (χ1v) is 7.45. The predicted molar refractivity (Wildman–Crippen MR) is 73.4 cm³/mol. The van der Waals surface area contributed by atoms with Gasteiger partial charge in [0.1, 0.15) is 0 Å². The van der Waals surface area contributed by atoms with E-state index in [0.29, 0.717) is 6.04 Å². The van der Waals surface area contributed by atoms with Crippen LogP contribution in [-0.4, -0.2) is 61.2 Å². The zero-order valence-corrected chi connectivity index (χ0v) is 11.6. The Morgan fingerprint density at radius 1 is 1.18 bits per heavy atom. The summed E-state index contributed by atoms with van der Waals surface area (Å²) < 4.78 is 0. The number of fused-ring (bicyclic) bond motifs is 1. The number of piperazine rings is 1.